The topological polar surface area (TPSA) is 59.4 Å². The minimum atomic E-state index is -0.311. The number of aryl methyl sites for hydroxylation is 2. The van der Waals surface area contributed by atoms with Gasteiger partial charge in [-0.25, -0.2) is 0 Å². The Morgan fingerprint density at radius 1 is 1.29 bits per heavy atom. The molecule has 154 valence electrons. The number of hydrogen-bond acceptors (Lipinski definition) is 4. The summed E-state index contributed by atoms with van der Waals surface area (Å²) in [4.78, 5) is 14.9. The fourth-order valence-corrected chi connectivity index (χ4v) is 3.81. The van der Waals surface area contributed by atoms with Crippen LogP contribution in [0.5, 0.6) is 5.75 Å². The summed E-state index contributed by atoms with van der Waals surface area (Å²) in [7, 11) is 5.39. The smallest absolute Gasteiger partial charge is 0.244 e. The van der Waals surface area contributed by atoms with Crippen molar-refractivity contribution in [2.24, 2.45) is 13.0 Å². The number of rotatable bonds is 7. The normalized spacial score (nSPS) is 15.8. The second-order valence-corrected chi connectivity index (χ2v) is 7.32. The maximum Gasteiger partial charge on any atom is 0.244 e. The first kappa shape index (κ1) is 22.2. The Hall–Kier alpha value is -2.05. The Bertz CT molecular complexity index is 739. The molecule has 28 heavy (non-hydrogen) atoms. The molecule has 2 aromatic rings. The third-order valence-electron chi connectivity index (χ3n) is 5.52. The van der Waals surface area contributed by atoms with E-state index in [-0.39, 0.29) is 24.4 Å². The molecule has 1 aliphatic rings. The lowest BCUT2D eigenvalue weighted by Gasteiger charge is -2.34. The van der Waals surface area contributed by atoms with E-state index in [9.17, 15) is 4.79 Å². The van der Waals surface area contributed by atoms with E-state index < -0.39 is 0 Å². The summed E-state index contributed by atoms with van der Waals surface area (Å²) in [5.41, 5.74) is 2.27. The molecule has 1 aliphatic heterocycles. The zero-order valence-corrected chi connectivity index (χ0v) is 17.7. The van der Waals surface area contributed by atoms with E-state index in [2.05, 4.69) is 22.5 Å². The minimum Gasteiger partial charge on any atom is -0.497 e. The van der Waals surface area contributed by atoms with Crippen molar-refractivity contribution in [1.82, 2.24) is 20.0 Å². The van der Waals surface area contributed by atoms with Crippen molar-refractivity contribution in [2.45, 2.75) is 31.7 Å². The van der Waals surface area contributed by atoms with Gasteiger partial charge in [0.15, 0.2) is 0 Å². The number of amides is 1. The van der Waals surface area contributed by atoms with Crippen LogP contribution in [0.1, 0.15) is 36.4 Å². The SMILES string of the molecule is CNC(C(=O)N1CCC(CCc2ccc(OC)cc2)CC1)c1cnn(C)c1.Cl. The van der Waals surface area contributed by atoms with Gasteiger partial charge < -0.3 is 15.0 Å². The van der Waals surface area contributed by atoms with Crippen LogP contribution in [0.15, 0.2) is 36.7 Å². The van der Waals surface area contributed by atoms with E-state index >= 15 is 0 Å². The Morgan fingerprint density at radius 2 is 1.96 bits per heavy atom. The van der Waals surface area contributed by atoms with Crippen molar-refractivity contribution < 1.29 is 9.53 Å². The fraction of sp³-hybridized carbons (Fsp3) is 0.524. The van der Waals surface area contributed by atoms with E-state index in [4.69, 9.17) is 4.74 Å². The lowest BCUT2D eigenvalue weighted by atomic mass is 9.90. The van der Waals surface area contributed by atoms with E-state index in [0.29, 0.717) is 5.92 Å². The number of likely N-dealkylation sites (tertiary alicyclic amines) is 1. The molecule has 0 radical (unpaired) electrons. The highest BCUT2D eigenvalue weighted by Gasteiger charge is 2.29. The molecule has 6 nitrogen and oxygen atoms in total. The molecule has 1 atom stereocenters. The third kappa shape index (κ3) is 5.49. The fourth-order valence-electron chi connectivity index (χ4n) is 3.81. The minimum absolute atomic E-state index is 0. The van der Waals surface area contributed by atoms with Gasteiger partial charge in [-0.2, -0.15) is 5.10 Å². The first-order valence-electron chi connectivity index (χ1n) is 9.68. The highest BCUT2D eigenvalue weighted by Crippen LogP contribution is 2.25. The van der Waals surface area contributed by atoms with Gasteiger partial charge in [-0.05, 0) is 56.3 Å². The molecule has 1 unspecified atom stereocenters. The number of ether oxygens (including phenoxy) is 1. The summed E-state index contributed by atoms with van der Waals surface area (Å²) in [5.74, 6) is 1.74. The second-order valence-electron chi connectivity index (χ2n) is 7.32. The van der Waals surface area contributed by atoms with E-state index in [0.717, 1.165) is 43.7 Å². The van der Waals surface area contributed by atoms with Crippen LogP contribution in [0.4, 0.5) is 0 Å². The molecule has 7 heteroatoms. The van der Waals surface area contributed by atoms with Crippen LogP contribution < -0.4 is 10.1 Å². The van der Waals surface area contributed by atoms with Crippen LogP contribution in [0.3, 0.4) is 0 Å². The third-order valence-corrected chi connectivity index (χ3v) is 5.52. The summed E-state index contributed by atoms with van der Waals surface area (Å²) in [6.07, 6.45) is 8.07. The predicted molar refractivity (Wildman–Crippen MR) is 113 cm³/mol. The zero-order valence-electron chi connectivity index (χ0n) is 16.9. The number of carbonyl (C=O) groups excluding carboxylic acids is 1. The molecule has 0 aliphatic carbocycles. The number of benzene rings is 1. The average molecular weight is 407 g/mol. The second kappa shape index (κ2) is 10.5. The molecular weight excluding hydrogens is 376 g/mol. The van der Waals surface area contributed by atoms with Gasteiger partial charge in [0, 0.05) is 31.9 Å². The Morgan fingerprint density at radius 3 is 2.50 bits per heavy atom. The number of nitrogens with zero attached hydrogens (tertiary/aromatic N) is 3. The van der Waals surface area contributed by atoms with Crippen LogP contribution in [-0.4, -0.2) is 47.8 Å². The lowest BCUT2D eigenvalue weighted by molar-refractivity contribution is -0.135. The van der Waals surface area contributed by atoms with E-state index in [1.807, 2.05) is 37.3 Å². The highest BCUT2D eigenvalue weighted by molar-refractivity contribution is 5.85. The van der Waals surface area contributed by atoms with E-state index in [1.165, 1.54) is 12.0 Å². The largest absolute Gasteiger partial charge is 0.497 e. The van der Waals surface area contributed by atoms with Gasteiger partial charge in [0.1, 0.15) is 11.8 Å². The Labute approximate surface area is 173 Å². The van der Waals surface area contributed by atoms with Crippen molar-refractivity contribution in [2.75, 3.05) is 27.2 Å². The van der Waals surface area contributed by atoms with Crippen LogP contribution in [-0.2, 0) is 18.3 Å². The standard InChI is InChI=1S/C21H30N4O2.ClH/c1-22-20(18-14-23-24(2)15-18)21(26)25-12-10-17(11-13-25)5-4-16-6-8-19(27-3)9-7-16;/h6-9,14-15,17,20,22H,4-5,10-13H2,1-3H3;1H. The summed E-state index contributed by atoms with van der Waals surface area (Å²) >= 11 is 0. The molecule has 1 N–H and O–H groups in total. The number of halogens is 1. The molecule has 1 fully saturated rings. The first-order valence-corrected chi connectivity index (χ1v) is 9.68. The molecule has 1 aromatic carbocycles. The summed E-state index contributed by atoms with van der Waals surface area (Å²) in [5, 5.41) is 7.33. The average Bonchev–Trinajstić information content (AvgIpc) is 3.13. The van der Waals surface area contributed by atoms with Crippen LogP contribution in [0.2, 0.25) is 0 Å². The van der Waals surface area contributed by atoms with Crippen LogP contribution in [0, 0.1) is 5.92 Å². The first-order chi connectivity index (χ1) is 13.1. The number of hydrogen-bond donors (Lipinski definition) is 1. The number of piperidine rings is 1. The maximum absolute atomic E-state index is 12.9. The van der Waals surface area contributed by atoms with Gasteiger partial charge in [0.25, 0.3) is 0 Å². The van der Waals surface area contributed by atoms with Crippen molar-refractivity contribution >= 4 is 18.3 Å². The molecule has 3 rings (SSSR count). The zero-order chi connectivity index (χ0) is 19.2. The van der Waals surface area contributed by atoms with Gasteiger partial charge in [-0.3, -0.25) is 9.48 Å². The van der Waals surface area contributed by atoms with Gasteiger partial charge in [-0.1, -0.05) is 12.1 Å². The number of carbonyl (C=O) groups is 1. The summed E-state index contributed by atoms with van der Waals surface area (Å²) < 4.78 is 6.95. The summed E-state index contributed by atoms with van der Waals surface area (Å²) in [6.45, 7) is 1.68. The molecule has 1 aromatic heterocycles. The molecule has 1 amide bonds. The Kier molecular flexibility index (Phi) is 8.33. The van der Waals surface area contributed by atoms with Gasteiger partial charge >= 0.3 is 0 Å². The van der Waals surface area contributed by atoms with E-state index in [1.54, 1.807) is 18.0 Å². The Balaban J connectivity index is 0.00000280. The highest BCUT2D eigenvalue weighted by atomic mass is 35.5. The van der Waals surface area contributed by atoms with Crippen molar-refractivity contribution in [1.29, 1.82) is 0 Å². The monoisotopic (exact) mass is 406 g/mol. The predicted octanol–water partition coefficient (Wildman–Crippen LogP) is 2.98. The maximum atomic E-state index is 12.9. The number of nitrogens with one attached hydrogen (secondary N) is 1. The van der Waals surface area contributed by atoms with Gasteiger partial charge in [0.05, 0.1) is 13.3 Å². The lowest BCUT2D eigenvalue weighted by Crippen LogP contribution is -2.44. The quantitative estimate of drug-likeness (QED) is 0.767. The number of methoxy groups -OCH3 is 1. The van der Waals surface area contributed by atoms with Crippen molar-refractivity contribution in [3.8, 4) is 5.75 Å². The molecule has 2 heterocycles. The molecule has 0 spiro atoms. The van der Waals surface area contributed by atoms with Gasteiger partial charge in [-0.15, -0.1) is 12.4 Å². The molecule has 0 saturated carbocycles. The van der Waals surface area contributed by atoms with Crippen LogP contribution in [0.25, 0.3) is 0 Å². The van der Waals surface area contributed by atoms with Gasteiger partial charge in [0.2, 0.25) is 5.91 Å². The molecule has 1 saturated heterocycles. The van der Waals surface area contributed by atoms with Crippen molar-refractivity contribution in [3.05, 3.63) is 47.8 Å². The molecule has 0 bridgehead atoms. The molecular formula is C21H31ClN4O2. The number of aromatic nitrogens is 2. The number of likely N-dealkylation sites (N-methyl/N-ethyl adjacent to an activating group) is 1. The van der Waals surface area contributed by atoms with Crippen LogP contribution >= 0.6 is 12.4 Å². The summed E-state index contributed by atoms with van der Waals surface area (Å²) in [6, 6.07) is 8.01. The van der Waals surface area contributed by atoms with Crippen molar-refractivity contribution in [3.63, 3.8) is 0 Å².